The number of hydrogen-bond acceptors (Lipinski definition) is 2. The maximum absolute atomic E-state index is 14.0. The number of piperazine rings is 1. The summed E-state index contributed by atoms with van der Waals surface area (Å²) in [5.41, 5.74) is 0.418. The molecule has 1 aliphatic heterocycles. The summed E-state index contributed by atoms with van der Waals surface area (Å²) < 4.78 is 14.0. The average Bonchev–Trinajstić information content (AvgIpc) is 2.40. The molecule has 114 valence electrons. The van der Waals surface area contributed by atoms with E-state index < -0.39 is 0 Å². The van der Waals surface area contributed by atoms with Crippen LogP contribution in [-0.4, -0.2) is 31.1 Å². The van der Waals surface area contributed by atoms with Crippen molar-refractivity contribution >= 4 is 48.0 Å². The molecular formula is C13H17Cl4FN2. The fourth-order valence-corrected chi connectivity index (χ4v) is 2.65. The summed E-state index contributed by atoms with van der Waals surface area (Å²) in [5, 5.41) is 3.91. The summed E-state index contributed by atoms with van der Waals surface area (Å²) in [6.45, 7) is 7.22. The number of nitrogens with one attached hydrogen (secondary N) is 1. The van der Waals surface area contributed by atoms with Crippen LogP contribution in [0.3, 0.4) is 0 Å². The number of rotatable bonds is 3. The van der Waals surface area contributed by atoms with Crippen LogP contribution in [-0.2, 0) is 0 Å². The Labute approximate surface area is 141 Å². The molecule has 0 amide bonds. The summed E-state index contributed by atoms with van der Waals surface area (Å²) in [5.74, 6) is -0.340. The van der Waals surface area contributed by atoms with Crippen LogP contribution < -0.4 is 5.32 Å². The summed E-state index contributed by atoms with van der Waals surface area (Å²) in [6.07, 6.45) is 1.71. The zero-order valence-corrected chi connectivity index (χ0v) is 13.9. The van der Waals surface area contributed by atoms with Gasteiger partial charge in [-0.2, -0.15) is 0 Å². The van der Waals surface area contributed by atoms with Gasteiger partial charge in [0.1, 0.15) is 5.82 Å². The van der Waals surface area contributed by atoms with Gasteiger partial charge in [0.05, 0.1) is 16.1 Å². The molecule has 1 atom stereocenters. The van der Waals surface area contributed by atoms with Crippen molar-refractivity contribution in [3.8, 4) is 0 Å². The molecule has 0 spiro atoms. The normalized spacial score (nSPS) is 16.8. The molecule has 1 aromatic rings. The molecule has 1 saturated heterocycles. The molecule has 1 aliphatic rings. The third-order valence-corrected chi connectivity index (χ3v) is 3.96. The predicted molar refractivity (Wildman–Crippen MR) is 88.3 cm³/mol. The Bertz CT molecular complexity index is 450. The minimum atomic E-state index is -0.340. The van der Waals surface area contributed by atoms with Gasteiger partial charge in [-0.15, -0.1) is 31.4 Å². The molecule has 0 aliphatic carbocycles. The summed E-state index contributed by atoms with van der Waals surface area (Å²) in [4.78, 5) is 2.14. The van der Waals surface area contributed by atoms with Crippen molar-refractivity contribution in [2.24, 2.45) is 0 Å². The molecule has 7 heteroatoms. The van der Waals surface area contributed by atoms with Crippen LogP contribution in [0.5, 0.6) is 0 Å². The number of halogens is 5. The van der Waals surface area contributed by atoms with E-state index in [2.05, 4.69) is 16.8 Å². The smallest absolute Gasteiger partial charge is 0.129 e. The van der Waals surface area contributed by atoms with Crippen molar-refractivity contribution in [1.82, 2.24) is 10.2 Å². The molecule has 0 aromatic heterocycles. The lowest BCUT2D eigenvalue weighted by atomic mass is 10.0. The van der Waals surface area contributed by atoms with Crippen LogP contribution in [0, 0.1) is 5.82 Å². The van der Waals surface area contributed by atoms with Gasteiger partial charge in [0, 0.05) is 31.7 Å². The second-order valence-electron chi connectivity index (χ2n) is 4.22. The van der Waals surface area contributed by atoms with Crippen molar-refractivity contribution in [2.75, 3.05) is 26.2 Å². The van der Waals surface area contributed by atoms with Gasteiger partial charge in [0.25, 0.3) is 0 Å². The number of hydrogen-bond donors (Lipinski definition) is 1. The molecule has 1 fully saturated rings. The van der Waals surface area contributed by atoms with Crippen LogP contribution in [0.15, 0.2) is 24.8 Å². The molecule has 20 heavy (non-hydrogen) atoms. The third kappa shape index (κ3) is 4.23. The van der Waals surface area contributed by atoms with Crippen molar-refractivity contribution in [2.45, 2.75) is 6.04 Å². The second kappa shape index (κ2) is 9.08. The van der Waals surface area contributed by atoms with E-state index in [1.807, 2.05) is 0 Å². The molecule has 1 aromatic carbocycles. The van der Waals surface area contributed by atoms with Crippen LogP contribution in [0.25, 0.3) is 0 Å². The highest BCUT2D eigenvalue weighted by atomic mass is 35.5. The lowest BCUT2D eigenvalue weighted by Gasteiger charge is -2.34. The van der Waals surface area contributed by atoms with Crippen LogP contribution >= 0.6 is 48.0 Å². The first-order valence-electron chi connectivity index (χ1n) is 5.86. The van der Waals surface area contributed by atoms with Gasteiger partial charge in [-0.1, -0.05) is 29.3 Å². The quantitative estimate of drug-likeness (QED) is 0.643. The first-order chi connectivity index (χ1) is 8.65. The van der Waals surface area contributed by atoms with Gasteiger partial charge >= 0.3 is 0 Å². The molecule has 0 bridgehead atoms. The Morgan fingerprint density at radius 2 is 1.85 bits per heavy atom. The Balaban J connectivity index is 0.00000180. The van der Waals surface area contributed by atoms with Gasteiger partial charge in [-0.05, 0) is 12.1 Å². The van der Waals surface area contributed by atoms with Gasteiger partial charge in [0.15, 0.2) is 0 Å². The van der Waals surface area contributed by atoms with E-state index in [0.29, 0.717) is 10.6 Å². The summed E-state index contributed by atoms with van der Waals surface area (Å²) in [7, 11) is 0. The molecule has 2 rings (SSSR count). The van der Waals surface area contributed by atoms with E-state index in [9.17, 15) is 4.39 Å². The van der Waals surface area contributed by atoms with E-state index in [0.717, 1.165) is 26.2 Å². The fraction of sp³-hybridized carbons (Fsp3) is 0.385. The standard InChI is InChI=1S/C13H15Cl2FN2.2ClH/c1-2-11(18-7-5-17-6-8-18)12-10(16)4-3-9(14)13(12)15;;/h2-4,11,17H,1,5-8H2;2*1H/t11-;;/m1../s1. The number of nitrogens with zero attached hydrogens (tertiary/aromatic N) is 1. The Hall–Kier alpha value is -0.0300. The van der Waals surface area contributed by atoms with E-state index in [-0.39, 0.29) is 41.7 Å². The highest BCUT2D eigenvalue weighted by Gasteiger charge is 2.25. The second-order valence-corrected chi connectivity index (χ2v) is 5.01. The molecule has 1 N–H and O–H groups in total. The van der Waals surface area contributed by atoms with Crippen molar-refractivity contribution in [1.29, 1.82) is 0 Å². The van der Waals surface area contributed by atoms with Crippen molar-refractivity contribution in [3.05, 3.63) is 46.2 Å². The van der Waals surface area contributed by atoms with Gasteiger partial charge in [0.2, 0.25) is 0 Å². The lowest BCUT2D eigenvalue weighted by Crippen LogP contribution is -2.44. The van der Waals surface area contributed by atoms with Gasteiger partial charge in [-0.3, -0.25) is 4.90 Å². The summed E-state index contributed by atoms with van der Waals surface area (Å²) >= 11 is 12.1. The van der Waals surface area contributed by atoms with E-state index in [1.165, 1.54) is 12.1 Å². The highest BCUT2D eigenvalue weighted by Crippen LogP contribution is 2.35. The minimum Gasteiger partial charge on any atom is -0.314 e. The lowest BCUT2D eigenvalue weighted by molar-refractivity contribution is 0.200. The van der Waals surface area contributed by atoms with E-state index in [4.69, 9.17) is 23.2 Å². The molecular weight excluding hydrogens is 345 g/mol. The van der Waals surface area contributed by atoms with Crippen molar-refractivity contribution < 1.29 is 4.39 Å². The Morgan fingerprint density at radius 1 is 1.25 bits per heavy atom. The predicted octanol–water partition coefficient (Wildman–Crippen LogP) is 4.11. The molecule has 0 saturated carbocycles. The van der Waals surface area contributed by atoms with Crippen LogP contribution in [0.2, 0.25) is 10.0 Å². The maximum Gasteiger partial charge on any atom is 0.129 e. The van der Waals surface area contributed by atoms with Crippen LogP contribution in [0.1, 0.15) is 11.6 Å². The topological polar surface area (TPSA) is 15.3 Å². The summed E-state index contributed by atoms with van der Waals surface area (Å²) in [6, 6.07) is 2.58. The maximum atomic E-state index is 14.0. The third-order valence-electron chi connectivity index (χ3n) is 3.14. The fourth-order valence-electron chi connectivity index (χ4n) is 2.22. The molecule has 0 radical (unpaired) electrons. The Kier molecular flexibility index (Phi) is 9.07. The first kappa shape index (κ1) is 20.0. The largest absolute Gasteiger partial charge is 0.314 e. The van der Waals surface area contributed by atoms with E-state index in [1.54, 1.807) is 6.08 Å². The van der Waals surface area contributed by atoms with E-state index >= 15 is 0 Å². The van der Waals surface area contributed by atoms with Crippen molar-refractivity contribution in [3.63, 3.8) is 0 Å². The van der Waals surface area contributed by atoms with Gasteiger partial charge in [-0.25, -0.2) is 4.39 Å². The first-order valence-corrected chi connectivity index (χ1v) is 6.61. The molecule has 2 nitrogen and oxygen atoms in total. The SMILES string of the molecule is C=C[C@H](c1c(F)ccc(Cl)c1Cl)N1CCNCC1.Cl.Cl. The zero-order chi connectivity index (χ0) is 13.1. The van der Waals surface area contributed by atoms with Crippen LogP contribution in [0.4, 0.5) is 4.39 Å². The highest BCUT2D eigenvalue weighted by molar-refractivity contribution is 6.42. The molecule has 0 unspecified atom stereocenters. The molecule has 1 heterocycles. The zero-order valence-electron chi connectivity index (χ0n) is 10.7. The Morgan fingerprint density at radius 3 is 2.40 bits per heavy atom. The average molecular weight is 362 g/mol. The number of benzene rings is 1. The minimum absolute atomic E-state index is 0. The van der Waals surface area contributed by atoms with Gasteiger partial charge < -0.3 is 5.32 Å². The monoisotopic (exact) mass is 360 g/mol.